The van der Waals surface area contributed by atoms with Gasteiger partial charge in [0.2, 0.25) is 0 Å². The Kier molecular flexibility index (Phi) is 10.5. The number of hydrogen-bond donors (Lipinski definition) is 1. The molecule has 2 unspecified atom stereocenters. The summed E-state index contributed by atoms with van der Waals surface area (Å²) < 4.78 is 16.9. The molecule has 0 saturated heterocycles. The standard InChI is InChI=1S/C23H46N2O5/c1-17(14-29-20(2,3)4)30-18(26)22(7,8)21(5,6)15-23(9,16-24)19(27)28-13-12-25(10)11/h17H,12-16,24H2,1-11H3. The molecule has 0 bridgehead atoms. The first-order valence-electron chi connectivity index (χ1n) is 10.7. The molecule has 0 heterocycles. The fourth-order valence-corrected chi connectivity index (χ4v) is 2.93. The summed E-state index contributed by atoms with van der Waals surface area (Å²) in [4.78, 5) is 27.7. The van der Waals surface area contributed by atoms with E-state index in [9.17, 15) is 9.59 Å². The van der Waals surface area contributed by atoms with Crippen molar-refractivity contribution in [2.75, 3.05) is 40.4 Å². The van der Waals surface area contributed by atoms with Crippen molar-refractivity contribution in [2.24, 2.45) is 22.0 Å². The molecule has 0 spiro atoms. The molecule has 0 aliphatic rings. The molecule has 0 aromatic rings. The molecule has 0 fully saturated rings. The molecule has 0 rings (SSSR count). The summed E-state index contributed by atoms with van der Waals surface area (Å²) in [6, 6.07) is 0. The quantitative estimate of drug-likeness (QED) is 0.475. The first-order valence-corrected chi connectivity index (χ1v) is 10.7. The van der Waals surface area contributed by atoms with E-state index in [2.05, 4.69) is 0 Å². The molecule has 0 radical (unpaired) electrons. The van der Waals surface area contributed by atoms with Gasteiger partial charge in [0.25, 0.3) is 0 Å². The topological polar surface area (TPSA) is 91.1 Å². The number of hydrogen-bond acceptors (Lipinski definition) is 7. The summed E-state index contributed by atoms with van der Waals surface area (Å²) in [6.45, 7) is 18.5. The van der Waals surface area contributed by atoms with Crippen LogP contribution in [0, 0.1) is 16.2 Å². The molecule has 0 saturated carbocycles. The van der Waals surface area contributed by atoms with Crippen LogP contribution in [0.1, 0.15) is 68.7 Å². The lowest BCUT2D eigenvalue weighted by Gasteiger charge is -2.44. The smallest absolute Gasteiger partial charge is 0.313 e. The van der Waals surface area contributed by atoms with E-state index in [0.29, 0.717) is 26.2 Å². The average molecular weight is 431 g/mol. The maximum atomic E-state index is 13.0. The zero-order valence-electron chi connectivity index (χ0n) is 21.2. The van der Waals surface area contributed by atoms with Gasteiger partial charge in [0, 0.05) is 13.1 Å². The molecule has 0 aromatic heterocycles. The van der Waals surface area contributed by atoms with Crippen LogP contribution in [0.3, 0.4) is 0 Å². The van der Waals surface area contributed by atoms with E-state index >= 15 is 0 Å². The third-order valence-corrected chi connectivity index (χ3v) is 5.81. The molecule has 7 heteroatoms. The molecule has 0 aliphatic heterocycles. The molecule has 0 aliphatic carbocycles. The van der Waals surface area contributed by atoms with Crippen LogP contribution in [0.4, 0.5) is 0 Å². The van der Waals surface area contributed by atoms with E-state index in [1.165, 1.54) is 0 Å². The van der Waals surface area contributed by atoms with Crippen LogP contribution in [-0.4, -0.2) is 68.9 Å². The first kappa shape index (κ1) is 28.8. The first-order chi connectivity index (χ1) is 13.4. The van der Waals surface area contributed by atoms with Gasteiger partial charge in [0.15, 0.2) is 0 Å². The van der Waals surface area contributed by atoms with Crippen LogP contribution in [0.5, 0.6) is 0 Å². The Bertz CT molecular complexity index is 566. The van der Waals surface area contributed by atoms with Gasteiger partial charge in [-0.1, -0.05) is 13.8 Å². The Balaban J connectivity index is 5.21. The van der Waals surface area contributed by atoms with Gasteiger partial charge in [-0.15, -0.1) is 0 Å². The third-order valence-electron chi connectivity index (χ3n) is 5.81. The van der Waals surface area contributed by atoms with Crippen molar-refractivity contribution >= 4 is 11.9 Å². The largest absolute Gasteiger partial charge is 0.464 e. The normalized spacial score (nSPS) is 16.2. The summed E-state index contributed by atoms with van der Waals surface area (Å²) in [7, 11) is 3.83. The number of nitrogens with zero attached hydrogens (tertiary/aromatic N) is 1. The van der Waals surface area contributed by atoms with E-state index in [1.807, 2.05) is 74.4 Å². The average Bonchev–Trinajstić information content (AvgIpc) is 2.58. The molecule has 2 atom stereocenters. The summed E-state index contributed by atoms with van der Waals surface area (Å²) in [5.74, 6) is -0.658. The van der Waals surface area contributed by atoms with Crippen molar-refractivity contribution < 1.29 is 23.8 Å². The minimum absolute atomic E-state index is 0.137. The van der Waals surface area contributed by atoms with Gasteiger partial charge in [0.05, 0.1) is 23.0 Å². The molecule has 0 aromatic carbocycles. The van der Waals surface area contributed by atoms with Crippen LogP contribution in [0.15, 0.2) is 0 Å². The molecule has 0 amide bonds. The van der Waals surface area contributed by atoms with Crippen LogP contribution >= 0.6 is 0 Å². The van der Waals surface area contributed by atoms with E-state index in [0.717, 1.165) is 0 Å². The Morgan fingerprint density at radius 1 is 0.967 bits per heavy atom. The van der Waals surface area contributed by atoms with E-state index in [1.54, 1.807) is 6.92 Å². The van der Waals surface area contributed by atoms with Crippen molar-refractivity contribution in [1.29, 1.82) is 0 Å². The zero-order chi connectivity index (χ0) is 24.0. The lowest BCUT2D eigenvalue weighted by Crippen LogP contribution is -2.49. The SMILES string of the molecule is CC(COC(C)(C)C)OC(=O)C(C)(C)C(C)(C)CC(C)(CN)C(=O)OCCN(C)C. The van der Waals surface area contributed by atoms with Crippen molar-refractivity contribution in [2.45, 2.75) is 80.4 Å². The number of carbonyl (C=O) groups excluding carboxylic acids is 2. The van der Waals surface area contributed by atoms with E-state index < -0.39 is 16.2 Å². The summed E-state index contributed by atoms with van der Waals surface area (Å²) in [6.07, 6.45) is 0.0235. The van der Waals surface area contributed by atoms with Gasteiger partial charge >= 0.3 is 11.9 Å². The summed E-state index contributed by atoms with van der Waals surface area (Å²) in [5, 5.41) is 0. The second kappa shape index (κ2) is 10.9. The lowest BCUT2D eigenvalue weighted by atomic mass is 9.60. The molecular formula is C23H46N2O5. The highest BCUT2D eigenvalue weighted by atomic mass is 16.6. The summed E-state index contributed by atoms with van der Waals surface area (Å²) in [5.41, 5.74) is 3.38. The van der Waals surface area contributed by atoms with Gasteiger partial charge in [0.1, 0.15) is 12.7 Å². The minimum atomic E-state index is -0.895. The van der Waals surface area contributed by atoms with Crippen molar-refractivity contribution in [1.82, 2.24) is 4.90 Å². The zero-order valence-corrected chi connectivity index (χ0v) is 21.2. The summed E-state index contributed by atoms with van der Waals surface area (Å²) >= 11 is 0. The van der Waals surface area contributed by atoms with E-state index in [4.69, 9.17) is 19.9 Å². The van der Waals surface area contributed by atoms with Gasteiger partial charge in [-0.25, -0.2) is 0 Å². The highest BCUT2D eigenvalue weighted by Crippen LogP contribution is 2.47. The van der Waals surface area contributed by atoms with Gasteiger partial charge in [-0.2, -0.15) is 0 Å². The number of carbonyl (C=O) groups is 2. The monoisotopic (exact) mass is 430 g/mol. The van der Waals surface area contributed by atoms with Crippen molar-refractivity contribution in [3.8, 4) is 0 Å². The second-order valence-electron chi connectivity index (χ2n) is 11.0. The van der Waals surface area contributed by atoms with Crippen molar-refractivity contribution in [3.05, 3.63) is 0 Å². The van der Waals surface area contributed by atoms with Gasteiger partial charge < -0.3 is 24.8 Å². The number of rotatable bonds is 12. The Hall–Kier alpha value is -1.18. The molecule has 178 valence electrons. The maximum Gasteiger partial charge on any atom is 0.313 e. The lowest BCUT2D eigenvalue weighted by molar-refractivity contribution is -0.175. The van der Waals surface area contributed by atoms with Crippen molar-refractivity contribution in [3.63, 3.8) is 0 Å². The van der Waals surface area contributed by atoms with E-state index in [-0.39, 0.29) is 30.2 Å². The maximum absolute atomic E-state index is 13.0. The number of likely N-dealkylation sites (N-methyl/N-ethyl adjacent to an activating group) is 1. The van der Waals surface area contributed by atoms with Crippen LogP contribution in [0.25, 0.3) is 0 Å². The predicted molar refractivity (Wildman–Crippen MR) is 120 cm³/mol. The fraction of sp³-hybridized carbons (Fsp3) is 0.913. The number of ether oxygens (including phenoxy) is 3. The number of nitrogens with two attached hydrogens (primary N) is 1. The number of esters is 2. The third kappa shape index (κ3) is 8.90. The van der Waals surface area contributed by atoms with Crippen LogP contribution in [-0.2, 0) is 23.8 Å². The Morgan fingerprint density at radius 3 is 1.93 bits per heavy atom. The molecule has 30 heavy (non-hydrogen) atoms. The molecular weight excluding hydrogens is 384 g/mol. The van der Waals surface area contributed by atoms with Gasteiger partial charge in [-0.05, 0) is 74.4 Å². The van der Waals surface area contributed by atoms with Crippen LogP contribution in [0.2, 0.25) is 0 Å². The molecule has 2 N–H and O–H groups in total. The fourth-order valence-electron chi connectivity index (χ4n) is 2.93. The Morgan fingerprint density at radius 2 is 1.50 bits per heavy atom. The van der Waals surface area contributed by atoms with Gasteiger partial charge in [-0.3, -0.25) is 9.59 Å². The Labute approximate surface area is 184 Å². The van der Waals surface area contributed by atoms with Crippen LogP contribution < -0.4 is 5.73 Å². The minimum Gasteiger partial charge on any atom is -0.464 e. The highest BCUT2D eigenvalue weighted by Gasteiger charge is 2.50. The highest BCUT2D eigenvalue weighted by molar-refractivity contribution is 5.79. The predicted octanol–water partition coefficient (Wildman–Crippen LogP) is 3.25. The second-order valence-corrected chi connectivity index (χ2v) is 11.0. The molecule has 7 nitrogen and oxygen atoms in total.